The van der Waals surface area contributed by atoms with Crippen LogP contribution in [0.5, 0.6) is 0 Å². The third-order valence-corrected chi connectivity index (χ3v) is 2.22. The Bertz CT molecular complexity index is 195. The van der Waals surface area contributed by atoms with E-state index in [2.05, 4.69) is 0 Å². The number of amides is 1. The molecule has 2 unspecified atom stereocenters. The highest BCUT2D eigenvalue weighted by Gasteiger charge is 2.36. The van der Waals surface area contributed by atoms with Crippen molar-refractivity contribution in [2.45, 2.75) is 32.2 Å². The van der Waals surface area contributed by atoms with Gasteiger partial charge in [0.25, 0.3) is 0 Å². The largest absolute Gasteiger partial charge is 0.342 e. The fourth-order valence-electron chi connectivity index (χ4n) is 1.34. The van der Waals surface area contributed by atoms with Gasteiger partial charge < -0.3 is 14.4 Å². The van der Waals surface area contributed by atoms with Crippen LogP contribution in [0, 0.1) is 0 Å². The Hall–Kier alpha value is -0.610. The average Bonchev–Trinajstić information content (AvgIpc) is 2.57. The van der Waals surface area contributed by atoms with Gasteiger partial charge in [0.2, 0.25) is 5.91 Å². The summed E-state index contributed by atoms with van der Waals surface area (Å²) in [6.45, 7) is 3.18. The zero-order chi connectivity index (χ0) is 8.55. The molecule has 2 fully saturated rings. The van der Waals surface area contributed by atoms with Gasteiger partial charge in [0.05, 0.1) is 0 Å². The molecule has 0 spiro atoms. The first-order valence-corrected chi connectivity index (χ1v) is 4.32. The summed E-state index contributed by atoms with van der Waals surface area (Å²) in [6.07, 6.45) is 1.77. The first kappa shape index (κ1) is 8.01. The maximum Gasteiger partial charge on any atom is 0.224 e. The predicted molar refractivity (Wildman–Crippen MR) is 41.2 cm³/mol. The molecule has 0 bridgehead atoms. The van der Waals surface area contributed by atoms with Crippen molar-refractivity contribution in [3.05, 3.63) is 0 Å². The van der Waals surface area contributed by atoms with E-state index >= 15 is 0 Å². The Labute approximate surface area is 71.4 Å². The van der Waals surface area contributed by atoms with Crippen molar-refractivity contribution in [1.82, 2.24) is 4.90 Å². The number of epoxide rings is 1. The van der Waals surface area contributed by atoms with Crippen molar-refractivity contribution < 1.29 is 14.3 Å². The molecule has 4 nitrogen and oxygen atoms in total. The van der Waals surface area contributed by atoms with Crippen molar-refractivity contribution in [2.24, 2.45) is 0 Å². The lowest BCUT2D eigenvalue weighted by Crippen LogP contribution is -2.28. The number of likely N-dealkylation sites (tertiary alicyclic amines) is 1. The molecule has 2 saturated heterocycles. The van der Waals surface area contributed by atoms with Crippen LogP contribution in [0.25, 0.3) is 0 Å². The molecule has 0 N–H and O–H groups in total. The molecule has 0 saturated carbocycles. The van der Waals surface area contributed by atoms with Crippen LogP contribution in [-0.4, -0.2) is 36.5 Å². The van der Waals surface area contributed by atoms with Gasteiger partial charge in [0.15, 0.2) is 6.29 Å². The quantitative estimate of drug-likeness (QED) is 0.574. The van der Waals surface area contributed by atoms with Gasteiger partial charge in [0, 0.05) is 13.0 Å². The molecule has 12 heavy (non-hydrogen) atoms. The molecule has 4 heteroatoms. The first-order valence-electron chi connectivity index (χ1n) is 4.32. The number of ether oxygens (including phenoxy) is 2. The Morgan fingerprint density at radius 1 is 1.75 bits per heavy atom. The van der Waals surface area contributed by atoms with E-state index in [1.54, 1.807) is 4.90 Å². The van der Waals surface area contributed by atoms with Crippen LogP contribution >= 0.6 is 0 Å². The van der Waals surface area contributed by atoms with Crippen LogP contribution in [0.3, 0.4) is 0 Å². The maximum atomic E-state index is 11.1. The highest BCUT2D eigenvalue weighted by molar-refractivity contribution is 5.77. The second kappa shape index (κ2) is 3.03. The molecule has 68 valence electrons. The molecule has 1 amide bonds. The molecule has 0 aromatic rings. The van der Waals surface area contributed by atoms with Crippen LogP contribution < -0.4 is 0 Å². The van der Waals surface area contributed by atoms with Gasteiger partial charge in [0.1, 0.15) is 12.8 Å². The molecular formula is C8H13NO3. The highest BCUT2D eigenvalue weighted by Crippen LogP contribution is 2.22. The Morgan fingerprint density at radius 3 is 3.00 bits per heavy atom. The summed E-state index contributed by atoms with van der Waals surface area (Å²) < 4.78 is 10.4. The number of hydrogen-bond donors (Lipinski definition) is 0. The summed E-state index contributed by atoms with van der Waals surface area (Å²) in [7, 11) is 0. The van der Waals surface area contributed by atoms with Gasteiger partial charge in [-0.15, -0.1) is 0 Å². The number of nitrogens with zero attached hydrogens (tertiary/aromatic N) is 1. The molecule has 0 aromatic carbocycles. The number of carbonyl (C=O) groups excluding carboxylic acids is 1. The van der Waals surface area contributed by atoms with Crippen molar-refractivity contribution in [2.75, 3.05) is 13.3 Å². The lowest BCUT2D eigenvalue weighted by atomic mass is 10.4. The van der Waals surface area contributed by atoms with Crippen LogP contribution in [0.2, 0.25) is 0 Å². The van der Waals surface area contributed by atoms with Gasteiger partial charge in [-0.3, -0.25) is 4.79 Å². The summed E-state index contributed by atoms with van der Waals surface area (Å²) in [5.74, 6) is 0.198. The Balaban J connectivity index is 1.69. The van der Waals surface area contributed by atoms with Crippen molar-refractivity contribution in [1.29, 1.82) is 0 Å². The molecular weight excluding hydrogens is 158 g/mol. The van der Waals surface area contributed by atoms with Crippen LogP contribution in [0.1, 0.15) is 19.8 Å². The van der Waals surface area contributed by atoms with Gasteiger partial charge in [-0.25, -0.2) is 0 Å². The predicted octanol–water partition coefficient (Wildman–Crippen LogP) is 0.328. The normalized spacial score (nSPS) is 34.4. The van der Waals surface area contributed by atoms with E-state index in [1.807, 2.05) is 6.92 Å². The molecule has 2 heterocycles. The summed E-state index contributed by atoms with van der Waals surface area (Å²) >= 11 is 0. The van der Waals surface area contributed by atoms with E-state index < -0.39 is 0 Å². The van der Waals surface area contributed by atoms with Crippen LogP contribution in [0.4, 0.5) is 0 Å². The second-order valence-corrected chi connectivity index (χ2v) is 3.27. The smallest absolute Gasteiger partial charge is 0.224 e. The molecule has 2 atom stereocenters. The average molecular weight is 171 g/mol. The van der Waals surface area contributed by atoms with Gasteiger partial charge >= 0.3 is 0 Å². The zero-order valence-electron chi connectivity index (χ0n) is 7.16. The van der Waals surface area contributed by atoms with Crippen LogP contribution in [0.15, 0.2) is 0 Å². The highest BCUT2D eigenvalue weighted by atomic mass is 16.8. The van der Waals surface area contributed by atoms with E-state index in [1.165, 1.54) is 0 Å². The third-order valence-electron chi connectivity index (χ3n) is 2.22. The maximum absolute atomic E-state index is 11.1. The Morgan fingerprint density at radius 2 is 2.50 bits per heavy atom. The summed E-state index contributed by atoms with van der Waals surface area (Å²) in [4.78, 5) is 12.8. The third kappa shape index (κ3) is 1.59. The van der Waals surface area contributed by atoms with Gasteiger partial charge in [-0.05, 0) is 13.3 Å². The van der Waals surface area contributed by atoms with Crippen molar-refractivity contribution in [3.8, 4) is 0 Å². The number of hydrogen-bond acceptors (Lipinski definition) is 3. The van der Waals surface area contributed by atoms with Crippen molar-refractivity contribution >= 4 is 5.91 Å². The molecule has 2 aliphatic rings. The van der Waals surface area contributed by atoms with E-state index in [4.69, 9.17) is 9.47 Å². The lowest BCUT2D eigenvalue weighted by Gasteiger charge is -2.13. The molecule has 0 aromatic heterocycles. The zero-order valence-corrected chi connectivity index (χ0v) is 7.16. The SMILES string of the molecule is CC1OC1OCN1CCCC1=O. The molecule has 0 aliphatic carbocycles. The summed E-state index contributed by atoms with van der Waals surface area (Å²) in [5.41, 5.74) is 0. The van der Waals surface area contributed by atoms with E-state index in [0.29, 0.717) is 13.2 Å². The summed E-state index contributed by atoms with van der Waals surface area (Å²) in [6, 6.07) is 0. The first-order chi connectivity index (χ1) is 5.77. The fraction of sp³-hybridized carbons (Fsp3) is 0.875. The fourth-order valence-corrected chi connectivity index (χ4v) is 1.34. The minimum absolute atomic E-state index is 0.0709. The van der Waals surface area contributed by atoms with E-state index in [-0.39, 0.29) is 18.3 Å². The van der Waals surface area contributed by atoms with E-state index in [0.717, 1.165) is 13.0 Å². The molecule has 2 aliphatic heterocycles. The van der Waals surface area contributed by atoms with Gasteiger partial charge in [-0.2, -0.15) is 0 Å². The number of rotatable bonds is 3. The van der Waals surface area contributed by atoms with E-state index in [9.17, 15) is 4.79 Å². The minimum Gasteiger partial charge on any atom is -0.342 e. The van der Waals surface area contributed by atoms with Crippen LogP contribution in [-0.2, 0) is 14.3 Å². The Kier molecular flexibility index (Phi) is 2.02. The number of carbonyl (C=O) groups is 1. The minimum atomic E-state index is -0.0709. The monoisotopic (exact) mass is 171 g/mol. The lowest BCUT2D eigenvalue weighted by molar-refractivity contribution is -0.134. The molecule has 0 radical (unpaired) electrons. The van der Waals surface area contributed by atoms with Crippen molar-refractivity contribution in [3.63, 3.8) is 0 Å². The molecule has 2 rings (SSSR count). The standard InChI is InChI=1S/C8H13NO3/c1-6-8(12-6)11-5-9-4-2-3-7(9)10/h6,8H,2-5H2,1H3. The second-order valence-electron chi connectivity index (χ2n) is 3.27. The van der Waals surface area contributed by atoms with Gasteiger partial charge in [-0.1, -0.05) is 0 Å². The summed E-state index contributed by atoms with van der Waals surface area (Å²) in [5, 5.41) is 0. The topological polar surface area (TPSA) is 42.1 Å².